The highest BCUT2D eigenvalue weighted by atomic mass is 16.5. The highest BCUT2D eigenvalue weighted by Gasteiger charge is 2.20. The summed E-state index contributed by atoms with van der Waals surface area (Å²) in [5.41, 5.74) is -2.52. The van der Waals surface area contributed by atoms with Crippen LogP contribution < -0.4 is 11.1 Å². The van der Waals surface area contributed by atoms with Crippen molar-refractivity contribution in [3.8, 4) is 23.2 Å². The molecule has 0 amide bonds. The van der Waals surface area contributed by atoms with E-state index in [-0.39, 0.29) is 21.9 Å². The Hall–Kier alpha value is -3.16. The Morgan fingerprint density at radius 2 is 1.60 bits per heavy atom. The van der Waals surface area contributed by atoms with Crippen LogP contribution in [0.1, 0.15) is 0 Å². The second-order valence-corrected chi connectivity index (χ2v) is 4.01. The minimum atomic E-state index is -0.972. The Morgan fingerprint density at radius 3 is 2.30 bits per heavy atom. The van der Waals surface area contributed by atoms with Gasteiger partial charge in [0.05, 0.1) is 10.8 Å². The summed E-state index contributed by atoms with van der Waals surface area (Å²) in [4.78, 5) is 23.1. The molecule has 0 aliphatic heterocycles. The van der Waals surface area contributed by atoms with Gasteiger partial charge in [-0.05, 0) is 0 Å². The summed E-state index contributed by atoms with van der Waals surface area (Å²) in [6, 6.07) is 1.67. The van der Waals surface area contributed by atoms with Crippen LogP contribution in [0.3, 0.4) is 0 Å². The summed E-state index contributed by atoms with van der Waals surface area (Å²) in [7, 11) is 0. The van der Waals surface area contributed by atoms with Gasteiger partial charge in [-0.1, -0.05) is 0 Å². The summed E-state index contributed by atoms with van der Waals surface area (Å²) >= 11 is 0. The summed E-state index contributed by atoms with van der Waals surface area (Å²) in [6.45, 7) is 0. The molecule has 0 saturated carbocycles. The minimum Gasteiger partial charge on any atom is -0.504 e. The molecule has 2 heterocycles. The molecule has 0 atom stereocenters. The van der Waals surface area contributed by atoms with Crippen molar-refractivity contribution < 1.29 is 29.3 Å². The third kappa shape index (κ3) is 1.41. The normalized spacial score (nSPS) is 11.2. The molecule has 2 aromatic heterocycles. The van der Waals surface area contributed by atoms with Gasteiger partial charge in [-0.15, -0.1) is 0 Å². The molecule has 3 aromatic rings. The predicted molar refractivity (Wildman–Crippen MR) is 65.2 cm³/mol. The molecule has 8 heteroatoms. The average molecular weight is 278 g/mol. The summed E-state index contributed by atoms with van der Waals surface area (Å²) in [5.74, 6) is -3.40. The van der Waals surface area contributed by atoms with Crippen LogP contribution in [0.25, 0.3) is 21.9 Å². The molecule has 0 bridgehead atoms. The molecule has 0 aliphatic rings. The smallest absolute Gasteiger partial charge is 0.344 e. The van der Waals surface area contributed by atoms with Gasteiger partial charge in [0.1, 0.15) is 0 Å². The Balaban J connectivity index is 2.72. The average Bonchev–Trinajstić information content (AvgIpc) is 2.39. The lowest BCUT2D eigenvalue weighted by molar-refractivity contribution is 0.302. The highest BCUT2D eigenvalue weighted by Crippen LogP contribution is 2.38. The summed E-state index contributed by atoms with van der Waals surface area (Å²) < 4.78 is 9.64. The fourth-order valence-electron chi connectivity index (χ4n) is 1.88. The van der Waals surface area contributed by atoms with Crippen LogP contribution in [-0.4, -0.2) is 20.4 Å². The first kappa shape index (κ1) is 11.9. The molecule has 3 rings (SSSR count). The third-order valence-electron chi connectivity index (χ3n) is 2.80. The first-order chi connectivity index (χ1) is 9.40. The van der Waals surface area contributed by atoms with Crippen LogP contribution in [0, 0.1) is 0 Å². The van der Waals surface area contributed by atoms with Crippen molar-refractivity contribution >= 4 is 21.9 Å². The van der Waals surface area contributed by atoms with Crippen molar-refractivity contribution in [2.75, 3.05) is 0 Å². The second kappa shape index (κ2) is 3.67. The van der Waals surface area contributed by atoms with Gasteiger partial charge >= 0.3 is 11.6 Å². The van der Waals surface area contributed by atoms with Crippen LogP contribution in [-0.2, 0) is 0 Å². The summed E-state index contributed by atoms with van der Waals surface area (Å²) in [5, 5.41) is 37.2. The van der Waals surface area contributed by atoms with Crippen LogP contribution in [0.5, 0.6) is 23.2 Å². The van der Waals surface area contributed by atoms with E-state index in [4.69, 9.17) is 8.83 Å². The van der Waals surface area contributed by atoms with E-state index in [1.165, 1.54) is 0 Å². The lowest BCUT2D eigenvalue weighted by atomic mass is 10.1. The van der Waals surface area contributed by atoms with Gasteiger partial charge in [-0.3, -0.25) is 4.79 Å². The van der Waals surface area contributed by atoms with Crippen molar-refractivity contribution in [2.45, 2.75) is 0 Å². The Morgan fingerprint density at radius 1 is 0.900 bits per heavy atom. The summed E-state index contributed by atoms with van der Waals surface area (Å²) in [6.07, 6.45) is 0. The standard InChI is InChI=1S/C12H6O8/c13-4-1-3-7(9(16)8(4)15)10-6(19-11(3)17)2-5(14)12(18)20-10/h1-2,14-16,18H. The molecular weight excluding hydrogens is 272 g/mol. The molecule has 20 heavy (non-hydrogen) atoms. The zero-order chi connectivity index (χ0) is 14.6. The van der Waals surface area contributed by atoms with Crippen molar-refractivity contribution in [3.63, 3.8) is 0 Å². The number of fused-ring (bicyclic) bond motifs is 3. The number of phenols is 2. The number of hydrogen-bond donors (Lipinski definition) is 4. The van der Waals surface area contributed by atoms with Gasteiger partial charge in [-0.25, -0.2) is 4.79 Å². The van der Waals surface area contributed by atoms with Crippen molar-refractivity contribution in [1.29, 1.82) is 0 Å². The minimum absolute atomic E-state index is 0.272. The Bertz CT molecular complexity index is 979. The van der Waals surface area contributed by atoms with E-state index >= 15 is 0 Å². The van der Waals surface area contributed by atoms with Gasteiger partial charge in [0.25, 0.3) is 0 Å². The molecule has 0 aliphatic carbocycles. The van der Waals surface area contributed by atoms with Gasteiger partial charge in [0.15, 0.2) is 16.9 Å². The molecule has 0 fully saturated rings. The monoisotopic (exact) mass is 278 g/mol. The zero-order valence-electron chi connectivity index (χ0n) is 9.58. The second-order valence-electron chi connectivity index (χ2n) is 4.01. The number of aromatic hydroxyl groups is 4. The van der Waals surface area contributed by atoms with Crippen LogP contribution in [0.15, 0.2) is 30.6 Å². The topological polar surface area (TPSA) is 141 Å². The van der Waals surface area contributed by atoms with E-state index in [9.17, 15) is 30.0 Å². The Labute approximate surface area is 108 Å². The number of hydrogen-bond acceptors (Lipinski definition) is 8. The van der Waals surface area contributed by atoms with Gasteiger partial charge < -0.3 is 29.3 Å². The lowest BCUT2D eigenvalue weighted by Gasteiger charge is -2.05. The molecule has 4 N–H and O–H groups in total. The third-order valence-corrected chi connectivity index (χ3v) is 2.80. The van der Waals surface area contributed by atoms with E-state index in [1.54, 1.807) is 0 Å². The van der Waals surface area contributed by atoms with Gasteiger partial charge in [0, 0.05) is 12.1 Å². The molecular formula is C12H6O8. The van der Waals surface area contributed by atoms with E-state index < -0.39 is 34.2 Å². The highest BCUT2D eigenvalue weighted by molar-refractivity contribution is 6.05. The fourth-order valence-corrected chi connectivity index (χ4v) is 1.88. The lowest BCUT2D eigenvalue weighted by Crippen LogP contribution is -2.06. The van der Waals surface area contributed by atoms with E-state index in [0.29, 0.717) is 0 Å². The maximum atomic E-state index is 11.7. The molecule has 0 saturated heterocycles. The van der Waals surface area contributed by atoms with Crippen LogP contribution in [0.2, 0.25) is 0 Å². The van der Waals surface area contributed by atoms with Crippen molar-refractivity contribution in [2.24, 2.45) is 0 Å². The molecule has 8 nitrogen and oxygen atoms in total. The zero-order valence-corrected chi connectivity index (χ0v) is 9.58. The van der Waals surface area contributed by atoms with E-state index in [0.717, 1.165) is 12.1 Å². The Kier molecular flexibility index (Phi) is 2.18. The molecule has 0 unspecified atom stereocenters. The quantitative estimate of drug-likeness (QED) is 0.348. The van der Waals surface area contributed by atoms with Gasteiger partial charge in [-0.2, -0.15) is 0 Å². The predicted octanol–water partition coefficient (Wildman–Crippen LogP) is 0.722. The number of benzene rings is 1. The SMILES string of the molecule is O=c1cc2c(=O)oc3cc(O)c(O)oc3c2c(O)c1O. The number of phenolic OH excluding ortho intramolecular Hbond substituents is 2. The maximum absolute atomic E-state index is 11.7. The fraction of sp³-hybridized carbons (Fsp3) is 0. The molecule has 1 aromatic carbocycles. The van der Waals surface area contributed by atoms with E-state index in [2.05, 4.69) is 0 Å². The van der Waals surface area contributed by atoms with E-state index in [1.807, 2.05) is 0 Å². The molecule has 0 radical (unpaired) electrons. The number of rotatable bonds is 0. The maximum Gasteiger partial charge on any atom is 0.344 e. The van der Waals surface area contributed by atoms with Crippen molar-refractivity contribution in [1.82, 2.24) is 0 Å². The van der Waals surface area contributed by atoms with Gasteiger partial charge in [0.2, 0.25) is 16.9 Å². The molecule has 0 spiro atoms. The first-order valence-electron chi connectivity index (χ1n) is 5.27. The largest absolute Gasteiger partial charge is 0.504 e. The molecule has 102 valence electrons. The van der Waals surface area contributed by atoms with Crippen molar-refractivity contribution in [3.05, 3.63) is 32.8 Å². The first-order valence-corrected chi connectivity index (χ1v) is 5.27. The van der Waals surface area contributed by atoms with Crippen LogP contribution >= 0.6 is 0 Å². The van der Waals surface area contributed by atoms with Crippen LogP contribution in [0.4, 0.5) is 0 Å².